The van der Waals surface area contributed by atoms with E-state index in [1.165, 1.54) is 0 Å². The summed E-state index contributed by atoms with van der Waals surface area (Å²) in [5, 5.41) is 2.68. The van der Waals surface area contributed by atoms with Crippen molar-refractivity contribution in [2.45, 2.75) is 6.92 Å². The Labute approximate surface area is 113 Å². The maximum Gasteiger partial charge on any atom is 0.251 e. The number of hydrogen-bond acceptors (Lipinski definition) is 4. The molecular weight excluding hydrogens is 268 g/mol. The third-order valence-corrected chi connectivity index (χ3v) is 3.70. The van der Waals surface area contributed by atoms with Gasteiger partial charge in [-0.05, 0) is 31.2 Å². The van der Waals surface area contributed by atoms with Crippen molar-refractivity contribution in [3.63, 3.8) is 0 Å². The van der Waals surface area contributed by atoms with E-state index in [4.69, 9.17) is 4.74 Å². The third kappa shape index (κ3) is 5.27. The number of carbonyl (C=O) groups excluding carboxylic acids is 1. The summed E-state index contributed by atoms with van der Waals surface area (Å²) in [6.07, 6.45) is 0. The first-order chi connectivity index (χ1) is 8.98. The van der Waals surface area contributed by atoms with Crippen LogP contribution in [-0.4, -0.2) is 40.3 Å². The maximum atomic E-state index is 11.7. The second-order valence-electron chi connectivity index (χ2n) is 3.83. The Morgan fingerprint density at radius 2 is 1.89 bits per heavy atom. The van der Waals surface area contributed by atoms with Crippen molar-refractivity contribution in [1.82, 2.24) is 5.32 Å². The molecule has 1 rings (SSSR count). The molecular formula is C12H18N2O4S. The summed E-state index contributed by atoms with van der Waals surface area (Å²) in [5.41, 5.74) is 0.908. The lowest BCUT2D eigenvalue weighted by Crippen LogP contribution is -2.26. The summed E-state index contributed by atoms with van der Waals surface area (Å²) >= 11 is 0. The Morgan fingerprint density at radius 1 is 1.26 bits per heavy atom. The Morgan fingerprint density at radius 3 is 2.42 bits per heavy atom. The minimum absolute atomic E-state index is 0.00621. The molecule has 0 saturated heterocycles. The largest absolute Gasteiger partial charge is 0.383 e. The minimum atomic E-state index is -3.29. The molecule has 0 spiro atoms. The van der Waals surface area contributed by atoms with Crippen molar-refractivity contribution in [2.24, 2.45) is 0 Å². The van der Waals surface area contributed by atoms with Crippen molar-refractivity contribution in [3.8, 4) is 0 Å². The molecule has 0 radical (unpaired) electrons. The first-order valence-electron chi connectivity index (χ1n) is 5.86. The summed E-state index contributed by atoms with van der Waals surface area (Å²) in [5.74, 6) is -0.214. The molecule has 1 aromatic carbocycles. The summed E-state index contributed by atoms with van der Waals surface area (Å²) in [6.45, 7) is 2.43. The number of amides is 1. The van der Waals surface area contributed by atoms with Crippen LogP contribution in [-0.2, 0) is 14.8 Å². The molecule has 1 aromatic rings. The highest BCUT2D eigenvalue weighted by molar-refractivity contribution is 7.92. The maximum absolute atomic E-state index is 11.7. The number of hydrogen-bond donors (Lipinski definition) is 2. The Balaban J connectivity index is 2.63. The highest BCUT2D eigenvalue weighted by Crippen LogP contribution is 2.11. The predicted octanol–water partition coefficient (Wildman–Crippen LogP) is 0.824. The average Bonchev–Trinajstić information content (AvgIpc) is 2.39. The summed E-state index contributed by atoms with van der Waals surface area (Å²) < 4.78 is 29.9. The van der Waals surface area contributed by atoms with E-state index in [1.807, 2.05) is 0 Å². The van der Waals surface area contributed by atoms with E-state index in [0.29, 0.717) is 24.4 Å². The van der Waals surface area contributed by atoms with Gasteiger partial charge in [-0.1, -0.05) is 0 Å². The molecule has 0 aromatic heterocycles. The molecule has 0 saturated carbocycles. The Hall–Kier alpha value is -1.60. The van der Waals surface area contributed by atoms with E-state index in [2.05, 4.69) is 10.0 Å². The molecule has 0 heterocycles. The Kier molecular flexibility index (Phi) is 5.78. The van der Waals surface area contributed by atoms with E-state index in [-0.39, 0.29) is 11.7 Å². The van der Waals surface area contributed by atoms with E-state index in [0.717, 1.165) is 0 Å². The molecule has 6 nitrogen and oxygen atoms in total. The van der Waals surface area contributed by atoms with Crippen LogP contribution in [0.15, 0.2) is 24.3 Å². The third-order valence-electron chi connectivity index (χ3n) is 2.39. The number of benzene rings is 1. The van der Waals surface area contributed by atoms with Gasteiger partial charge in [0.25, 0.3) is 5.91 Å². The lowest BCUT2D eigenvalue weighted by Gasteiger charge is -2.07. The van der Waals surface area contributed by atoms with E-state index >= 15 is 0 Å². The van der Waals surface area contributed by atoms with Gasteiger partial charge in [0.05, 0.1) is 12.4 Å². The van der Waals surface area contributed by atoms with Gasteiger partial charge in [0.15, 0.2) is 0 Å². The smallest absolute Gasteiger partial charge is 0.251 e. The van der Waals surface area contributed by atoms with Gasteiger partial charge in [-0.3, -0.25) is 9.52 Å². The monoisotopic (exact) mass is 286 g/mol. The van der Waals surface area contributed by atoms with Crippen molar-refractivity contribution in [2.75, 3.05) is 30.7 Å². The molecule has 0 atom stereocenters. The normalized spacial score (nSPS) is 11.1. The van der Waals surface area contributed by atoms with Gasteiger partial charge in [0.1, 0.15) is 0 Å². The van der Waals surface area contributed by atoms with Gasteiger partial charge in [0.2, 0.25) is 10.0 Å². The number of ether oxygens (including phenoxy) is 1. The van der Waals surface area contributed by atoms with Crippen LogP contribution in [0.5, 0.6) is 0 Å². The first kappa shape index (κ1) is 15.5. The molecule has 19 heavy (non-hydrogen) atoms. The minimum Gasteiger partial charge on any atom is -0.383 e. The van der Waals surface area contributed by atoms with Gasteiger partial charge < -0.3 is 10.1 Å². The van der Waals surface area contributed by atoms with Crippen LogP contribution in [0.4, 0.5) is 5.69 Å². The zero-order chi connectivity index (χ0) is 14.3. The average molecular weight is 286 g/mol. The molecule has 1 amide bonds. The molecule has 0 unspecified atom stereocenters. The van der Waals surface area contributed by atoms with Crippen LogP contribution in [0.3, 0.4) is 0 Å². The second kappa shape index (κ2) is 7.10. The highest BCUT2D eigenvalue weighted by atomic mass is 32.2. The fraction of sp³-hybridized carbons (Fsp3) is 0.417. The second-order valence-corrected chi connectivity index (χ2v) is 5.84. The quantitative estimate of drug-likeness (QED) is 0.727. The van der Waals surface area contributed by atoms with Gasteiger partial charge in [-0.15, -0.1) is 0 Å². The molecule has 0 aliphatic carbocycles. The molecule has 0 aliphatic rings. The van der Waals surface area contributed by atoms with Crippen molar-refractivity contribution in [1.29, 1.82) is 0 Å². The van der Waals surface area contributed by atoms with Crippen molar-refractivity contribution < 1.29 is 17.9 Å². The number of rotatable bonds is 7. The molecule has 7 heteroatoms. The van der Waals surface area contributed by atoms with E-state index in [9.17, 15) is 13.2 Å². The molecule has 0 aliphatic heterocycles. The lowest BCUT2D eigenvalue weighted by molar-refractivity contribution is 0.0937. The number of sulfonamides is 1. The summed E-state index contributed by atoms with van der Waals surface area (Å²) in [4.78, 5) is 11.7. The molecule has 0 fully saturated rings. The first-order valence-corrected chi connectivity index (χ1v) is 7.51. The number of nitrogens with one attached hydrogen (secondary N) is 2. The van der Waals surface area contributed by atoms with Crippen molar-refractivity contribution in [3.05, 3.63) is 29.8 Å². The van der Waals surface area contributed by atoms with Crippen LogP contribution in [0.2, 0.25) is 0 Å². The van der Waals surface area contributed by atoms with E-state index in [1.54, 1.807) is 38.3 Å². The van der Waals surface area contributed by atoms with Crippen LogP contribution in [0.1, 0.15) is 17.3 Å². The van der Waals surface area contributed by atoms with Gasteiger partial charge in [-0.2, -0.15) is 0 Å². The van der Waals surface area contributed by atoms with Gasteiger partial charge >= 0.3 is 0 Å². The van der Waals surface area contributed by atoms with Gasteiger partial charge in [0, 0.05) is 24.9 Å². The molecule has 106 valence electrons. The zero-order valence-electron chi connectivity index (χ0n) is 11.0. The molecule has 2 N–H and O–H groups in total. The fourth-order valence-electron chi connectivity index (χ4n) is 1.31. The number of methoxy groups -OCH3 is 1. The number of anilines is 1. The Bertz CT molecular complexity index is 511. The van der Waals surface area contributed by atoms with Crippen LogP contribution >= 0.6 is 0 Å². The lowest BCUT2D eigenvalue weighted by atomic mass is 10.2. The SMILES string of the molecule is CCS(=O)(=O)Nc1ccc(C(=O)NCCOC)cc1. The summed E-state index contributed by atoms with van der Waals surface area (Å²) in [6, 6.07) is 6.24. The van der Waals surface area contributed by atoms with Gasteiger partial charge in [-0.25, -0.2) is 8.42 Å². The zero-order valence-corrected chi connectivity index (χ0v) is 11.8. The van der Waals surface area contributed by atoms with Crippen molar-refractivity contribution >= 4 is 21.6 Å². The van der Waals surface area contributed by atoms with Crippen LogP contribution < -0.4 is 10.0 Å². The van der Waals surface area contributed by atoms with E-state index < -0.39 is 10.0 Å². The fourth-order valence-corrected chi connectivity index (χ4v) is 1.95. The standard InChI is InChI=1S/C12H18N2O4S/c1-3-19(16,17)14-11-6-4-10(5-7-11)12(15)13-8-9-18-2/h4-7,14H,3,8-9H2,1-2H3,(H,13,15). The van der Waals surface area contributed by atoms with Crippen LogP contribution in [0.25, 0.3) is 0 Å². The summed E-state index contributed by atoms with van der Waals surface area (Å²) in [7, 11) is -1.73. The molecule has 0 bridgehead atoms. The topological polar surface area (TPSA) is 84.5 Å². The number of carbonyl (C=O) groups is 1. The predicted molar refractivity (Wildman–Crippen MR) is 73.7 cm³/mol. The van der Waals surface area contributed by atoms with Crippen LogP contribution in [0, 0.1) is 0 Å². The highest BCUT2D eigenvalue weighted by Gasteiger charge is 2.08.